The van der Waals surface area contributed by atoms with E-state index in [4.69, 9.17) is 5.11 Å². The van der Waals surface area contributed by atoms with E-state index in [0.717, 1.165) is 6.26 Å². The molecule has 0 saturated heterocycles. The molecule has 0 aliphatic heterocycles. The minimum atomic E-state index is -3.10. The average Bonchev–Trinajstić information content (AvgIpc) is 2.79. The highest BCUT2D eigenvalue weighted by Crippen LogP contribution is 2.17. The number of hydrogen-bond donors (Lipinski definition) is 1. The monoisotopic (exact) mass is 301 g/mol. The van der Waals surface area contributed by atoms with E-state index in [1.807, 2.05) is 0 Å². The van der Waals surface area contributed by atoms with E-state index in [1.54, 1.807) is 18.5 Å². The molecule has 7 heteroatoms. The van der Waals surface area contributed by atoms with Crippen molar-refractivity contribution in [3.05, 3.63) is 21.9 Å². The molecule has 1 aromatic heterocycles. The van der Waals surface area contributed by atoms with Gasteiger partial charge in [-0.3, -0.25) is 4.79 Å². The Morgan fingerprint density at radius 1 is 1.53 bits per heavy atom. The number of thiophene rings is 1. The van der Waals surface area contributed by atoms with Crippen molar-refractivity contribution >= 4 is 27.1 Å². The third-order valence-electron chi connectivity index (χ3n) is 2.31. The maximum atomic E-state index is 12.1. The second kappa shape index (κ2) is 6.70. The summed E-state index contributed by atoms with van der Waals surface area (Å²) in [5.41, 5.74) is 0.551. The van der Waals surface area contributed by atoms with Crippen LogP contribution in [0.5, 0.6) is 0 Å². The van der Waals surface area contributed by atoms with Crippen molar-refractivity contribution in [3.63, 3.8) is 0 Å². The molecule has 1 N–H and O–H groups in total. The highest BCUT2D eigenvalue weighted by Gasteiger charge is 2.17. The van der Waals surface area contributed by atoms with Gasteiger partial charge in [-0.15, -0.1) is 11.3 Å². The molecule has 0 radical (unpaired) electrons. The summed E-state index contributed by atoms with van der Waals surface area (Å²) in [4.78, 5) is 13.9. The first-order valence-corrected chi connectivity index (χ1v) is 8.39. The molecule has 1 amide bonds. The zero-order valence-corrected chi connectivity index (χ0v) is 12.3. The summed E-state index contributed by atoms with van der Waals surface area (Å²) in [6, 6.07) is 1.70. The van der Waals surface area contributed by atoms with Crippen molar-refractivity contribution in [2.24, 2.45) is 0 Å². The summed E-state index contributed by atoms with van der Waals surface area (Å²) < 4.78 is 22.1. The largest absolute Gasteiger partial charge is 0.384 e. The molecule has 0 atom stereocenters. The number of aliphatic hydroxyl groups is 1. The summed E-state index contributed by atoms with van der Waals surface area (Å²) in [7, 11) is -1.55. The standard InChI is InChI=1S/C12H15NO4S2/c1-13(6-9-19(2,16)17)12(15)11-10(4-3-7-14)5-8-18-11/h5,8,14H,6-7,9H2,1-2H3. The third kappa shape index (κ3) is 5.03. The fourth-order valence-corrected chi connectivity index (χ4v) is 2.73. The fourth-order valence-electron chi connectivity index (χ4n) is 1.29. The molecule has 19 heavy (non-hydrogen) atoms. The molecule has 0 saturated carbocycles. The Morgan fingerprint density at radius 2 is 2.21 bits per heavy atom. The number of carbonyl (C=O) groups excluding carboxylic acids is 1. The topological polar surface area (TPSA) is 74.7 Å². The van der Waals surface area contributed by atoms with Crippen LogP contribution >= 0.6 is 11.3 Å². The Balaban J connectivity index is 2.80. The number of rotatable bonds is 4. The quantitative estimate of drug-likeness (QED) is 0.807. The lowest BCUT2D eigenvalue weighted by atomic mass is 10.2. The summed E-state index contributed by atoms with van der Waals surface area (Å²) in [5, 5.41) is 10.4. The number of sulfone groups is 1. The first-order valence-electron chi connectivity index (χ1n) is 5.45. The van der Waals surface area contributed by atoms with Crippen LogP contribution in [0, 0.1) is 11.8 Å². The Morgan fingerprint density at radius 3 is 2.79 bits per heavy atom. The van der Waals surface area contributed by atoms with E-state index in [2.05, 4.69) is 11.8 Å². The lowest BCUT2D eigenvalue weighted by Gasteiger charge is -2.15. The van der Waals surface area contributed by atoms with Crippen molar-refractivity contribution in [2.75, 3.05) is 32.2 Å². The van der Waals surface area contributed by atoms with Crippen LogP contribution in [-0.2, 0) is 9.84 Å². The van der Waals surface area contributed by atoms with Crippen LogP contribution in [0.15, 0.2) is 11.4 Å². The molecule has 0 fully saturated rings. The van der Waals surface area contributed by atoms with Crippen molar-refractivity contribution in [2.45, 2.75) is 0 Å². The molecule has 104 valence electrons. The normalized spacial score (nSPS) is 10.7. The molecule has 0 aliphatic rings. The van der Waals surface area contributed by atoms with Crippen molar-refractivity contribution in [1.82, 2.24) is 4.90 Å². The van der Waals surface area contributed by atoms with E-state index in [-0.39, 0.29) is 24.8 Å². The van der Waals surface area contributed by atoms with E-state index in [0.29, 0.717) is 10.4 Å². The second-order valence-corrected chi connectivity index (χ2v) is 7.16. The molecule has 0 aromatic carbocycles. The number of amides is 1. The SMILES string of the molecule is CN(CCS(C)(=O)=O)C(=O)c1sccc1C#CCO. The molecule has 0 unspecified atom stereocenters. The first-order chi connectivity index (χ1) is 8.85. The summed E-state index contributed by atoms with van der Waals surface area (Å²) in [5.74, 6) is 4.85. The number of carbonyl (C=O) groups is 1. The van der Waals surface area contributed by atoms with Gasteiger partial charge in [0.25, 0.3) is 5.91 Å². The predicted octanol–water partition coefficient (Wildman–Crippen LogP) is 0.208. The average molecular weight is 301 g/mol. The molecule has 5 nitrogen and oxygen atoms in total. The summed E-state index contributed by atoms with van der Waals surface area (Å²) >= 11 is 1.24. The molecule has 0 aliphatic carbocycles. The number of nitrogens with zero attached hydrogens (tertiary/aromatic N) is 1. The maximum absolute atomic E-state index is 12.1. The van der Waals surface area contributed by atoms with Crippen LogP contribution in [-0.4, -0.2) is 56.5 Å². The Labute approximate surface area is 116 Å². The molecule has 1 rings (SSSR count). The number of hydrogen-bond acceptors (Lipinski definition) is 5. The highest BCUT2D eigenvalue weighted by atomic mass is 32.2. The van der Waals surface area contributed by atoms with Crippen LogP contribution in [0.1, 0.15) is 15.2 Å². The van der Waals surface area contributed by atoms with Crippen LogP contribution in [0.4, 0.5) is 0 Å². The predicted molar refractivity (Wildman–Crippen MR) is 75.0 cm³/mol. The summed E-state index contributed by atoms with van der Waals surface area (Å²) in [6.45, 7) is -0.129. The van der Waals surface area contributed by atoms with Crippen molar-refractivity contribution in [3.8, 4) is 11.8 Å². The second-order valence-electron chi connectivity index (χ2n) is 3.98. The Hall–Kier alpha value is -1.36. The highest BCUT2D eigenvalue weighted by molar-refractivity contribution is 7.90. The minimum absolute atomic E-state index is 0.0712. The molecule has 0 spiro atoms. The third-order valence-corrected chi connectivity index (χ3v) is 4.13. The van der Waals surface area contributed by atoms with Gasteiger partial charge in [0, 0.05) is 25.4 Å². The molecule has 1 aromatic rings. The van der Waals surface area contributed by atoms with Gasteiger partial charge >= 0.3 is 0 Å². The molecular formula is C12H15NO4S2. The minimum Gasteiger partial charge on any atom is -0.384 e. The lowest BCUT2D eigenvalue weighted by molar-refractivity contribution is 0.0808. The van der Waals surface area contributed by atoms with Crippen LogP contribution in [0.25, 0.3) is 0 Å². The van der Waals surface area contributed by atoms with E-state index < -0.39 is 9.84 Å². The Kier molecular flexibility index (Phi) is 5.54. The van der Waals surface area contributed by atoms with Gasteiger partial charge in [0.1, 0.15) is 21.3 Å². The van der Waals surface area contributed by atoms with Gasteiger partial charge in [-0.05, 0) is 11.4 Å². The Bertz CT molecular complexity index is 607. The maximum Gasteiger partial charge on any atom is 0.264 e. The summed E-state index contributed by atoms with van der Waals surface area (Å²) in [6.07, 6.45) is 1.13. The van der Waals surface area contributed by atoms with E-state index in [9.17, 15) is 13.2 Å². The fraction of sp³-hybridized carbons (Fsp3) is 0.417. The van der Waals surface area contributed by atoms with Gasteiger partial charge in [0.05, 0.1) is 5.75 Å². The van der Waals surface area contributed by atoms with Crippen LogP contribution in [0.2, 0.25) is 0 Å². The van der Waals surface area contributed by atoms with Crippen LogP contribution < -0.4 is 0 Å². The van der Waals surface area contributed by atoms with Gasteiger partial charge in [-0.1, -0.05) is 11.8 Å². The van der Waals surface area contributed by atoms with Gasteiger partial charge in [-0.25, -0.2) is 8.42 Å². The van der Waals surface area contributed by atoms with Gasteiger partial charge in [0.2, 0.25) is 0 Å². The van der Waals surface area contributed by atoms with Gasteiger partial charge in [0.15, 0.2) is 0 Å². The van der Waals surface area contributed by atoms with Gasteiger partial charge in [-0.2, -0.15) is 0 Å². The number of aliphatic hydroxyl groups excluding tert-OH is 1. The van der Waals surface area contributed by atoms with Crippen LogP contribution in [0.3, 0.4) is 0 Å². The zero-order chi connectivity index (χ0) is 14.5. The van der Waals surface area contributed by atoms with Gasteiger partial charge < -0.3 is 10.0 Å². The molecule has 0 bridgehead atoms. The smallest absolute Gasteiger partial charge is 0.264 e. The van der Waals surface area contributed by atoms with Crippen molar-refractivity contribution in [1.29, 1.82) is 0 Å². The zero-order valence-electron chi connectivity index (χ0n) is 10.7. The molecule has 1 heterocycles. The molecular weight excluding hydrogens is 286 g/mol. The van der Waals surface area contributed by atoms with E-state index in [1.165, 1.54) is 16.2 Å². The first kappa shape index (κ1) is 15.7. The van der Waals surface area contributed by atoms with E-state index >= 15 is 0 Å². The van der Waals surface area contributed by atoms with Crippen molar-refractivity contribution < 1.29 is 18.3 Å². The lowest BCUT2D eigenvalue weighted by Crippen LogP contribution is -2.31.